The molecule has 0 amide bonds. The summed E-state index contributed by atoms with van der Waals surface area (Å²) in [6.45, 7) is 0. The van der Waals surface area contributed by atoms with Gasteiger partial charge in [-0.15, -0.1) is 11.3 Å². The lowest BCUT2D eigenvalue weighted by molar-refractivity contribution is 0.487. The summed E-state index contributed by atoms with van der Waals surface area (Å²) >= 11 is 1.82. The Kier molecular flexibility index (Phi) is 5.07. The molecular formula is C38H22N2OS. The highest BCUT2D eigenvalue weighted by Gasteiger charge is 2.21. The summed E-state index contributed by atoms with van der Waals surface area (Å²) in [5, 5.41) is 4.87. The molecule has 0 atom stereocenters. The molecule has 8 aromatic rings. The van der Waals surface area contributed by atoms with Gasteiger partial charge in [0.25, 0.3) is 0 Å². The minimum atomic E-state index is 0.704. The van der Waals surface area contributed by atoms with E-state index in [-0.39, 0.29) is 0 Å². The summed E-state index contributed by atoms with van der Waals surface area (Å²) in [6.07, 6.45) is 0. The van der Waals surface area contributed by atoms with Crippen LogP contribution in [-0.4, -0.2) is 9.97 Å². The molecule has 0 bridgehead atoms. The van der Waals surface area contributed by atoms with Crippen molar-refractivity contribution in [3.8, 4) is 56.5 Å². The first-order valence-corrected chi connectivity index (χ1v) is 14.8. The van der Waals surface area contributed by atoms with E-state index in [1.54, 1.807) is 0 Å². The minimum Gasteiger partial charge on any atom is -0.456 e. The number of fused-ring (bicyclic) bond motifs is 5. The van der Waals surface area contributed by atoms with E-state index in [2.05, 4.69) is 103 Å². The number of ether oxygens (including phenoxy) is 1. The molecule has 3 heterocycles. The Morgan fingerprint density at radius 1 is 0.500 bits per heavy atom. The van der Waals surface area contributed by atoms with Gasteiger partial charge in [-0.2, -0.15) is 0 Å². The molecule has 0 saturated heterocycles. The number of hydrogen-bond acceptors (Lipinski definition) is 4. The standard InChI is InChI=1S/C38H22N2OS/c1-2-9-24(10-3-1)38-39-31(22-32(40-38)30-16-8-15-29-27-13-4-5-18-35(27)42-37(29)30)25-19-20-26-28-14-6-11-23-12-7-17-33(36(23)28)41-34(26)21-25/h1-22H. The van der Waals surface area contributed by atoms with E-state index in [9.17, 15) is 0 Å². The molecule has 0 radical (unpaired) electrons. The summed E-state index contributed by atoms with van der Waals surface area (Å²) < 4.78 is 9.01. The third-order valence-electron chi connectivity index (χ3n) is 8.09. The van der Waals surface area contributed by atoms with E-state index in [4.69, 9.17) is 14.7 Å². The lowest BCUT2D eigenvalue weighted by Crippen LogP contribution is -1.99. The number of hydrogen-bond donors (Lipinski definition) is 0. The van der Waals surface area contributed by atoms with Gasteiger partial charge in [-0.1, -0.05) is 103 Å². The average molecular weight is 555 g/mol. The minimum absolute atomic E-state index is 0.704. The lowest BCUT2D eigenvalue weighted by Gasteiger charge is -2.22. The van der Waals surface area contributed by atoms with Crippen LogP contribution in [-0.2, 0) is 0 Å². The fourth-order valence-corrected chi connectivity index (χ4v) is 7.35. The Bertz CT molecular complexity index is 2330. The molecule has 3 nitrogen and oxygen atoms in total. The van der Waals surface area contributed by atoms with Crippen molar-refractivity contribution in [3.05, 3.63) is 133 Å². The zero-order chi connectivity index (χ0) is 27.6. The molecule has 196 valence electrons. The van der Waals surface area contributed by atoms with Gasteiger partial charge in [0.1, 0.15) is 11.5 Å². The van der Waals surface area contributed by atoms with Crippen LogP contribution in [0.3, 0.4) is 0 Å². The Hall–Kier alpha value is -5.32. The SMILES string of the molecule is c1ccc(-c2nc(-c3ccc4c(c3)Oc3cccc5cccc-4c35)cc(-c3cccc4c3sc3ccccc34)n2)cc1. The molecule has 1 aliphatic rings. The maximum atomic E-state index is 6.49. The molecule has 4 heteroatoms. The summed E-state index contributed by atoms with van der Waals surface area (Å²) in [4.78, 5) is 10.2. The van der Waals surface area contributed by atoms with E-state index in [1.165, 1.54) is 31.1 Å². The number of rotatable bonds is 3. The van der Waals surface area contributed by atoms with Crippen LogP contribution in [0.4, 0.5) is 0 Å². The number of thiophene rings is 1. The normalized spacial score (nSPS) is 12.0. The molecule has 0 unspecified atom stereocenters. The first-order valence-electron chi connectivity index (χ1n) is 14.0. The van der Waals surface area contributed by atoms with Crippen molar-refractivity contribution in [2.45, 2.75) is 0 Å². The maximum absolute atomic E-state index is 6.49. The Balaban J connectivity index is 1.25. The van der Waals surface area contributed by atoms with Crippen LogP contribution in [0.2, 0.25) is 0 Å². The predicted molar refractivity (Wildman–Crippen MR) is 174 cm³/mol. The fraction of sp³-hybridized carbons (Fsp3) is 0. The topological polar surface area (TPSA) is 35.0 Å². The Morgan fingerprint density at radius 3 is 2.19 bits per heavy atom. The van der Waals surface area contributed by atoms with Gasteiger partial charge in [-0.3, -0.25) is 0 Å². The fourth-order valence-electron chi connectivity index (χ4n) is 6.12. The molecule has 42 heavy (non-hydrogen) atoms. The van der Waals surface area contributed by atoms with E-state index in [1.807, 2.05) is 41.7 Å². The Morgan fingerprint density at radius 2 is 1.26 bits per heavy atom. The molecule has 0 fully saturated rings. The third-order valence-corrected chi connectivity index (χ3v) is 9.31. The summed E-state index contributed by atoms with van der Waals surface area (Å²) in [7, 11) is 0. The van der Waals surface area contributed by atoms with Gasteiger partial charge in [0.05, 0.1) is 11.4 Å². The molecule has 0 saturated carbocycles. The molecule has 1 aliphatic heterocycles. The van der Waals surface area contributed by atoms with Crippen molar-refractivity contribution in [1.29, 1.82) is 0 Å². The summed E-state index contributed by atoms with van der Waals surface area (Å²) in [6, 6.07) is 46.5. The van der Waals surface area contributed by atoms with Gasteiger partial charge in [0.2, 0.25) is 0 Å². The van der Waals surface area contributed by atoms with Gasteiger partial charge in [0, 0.05) is 47.8 Å². The molecule has 9 rings (SSSR count). The molecule has 0 N–H and O–H groups in total. The number of nitrogens with zero attached hydrogens (tertiary/aromatic N) is 2. The molecular weight excluding hydrogens is 532 g/mol. The van der Waals surface area contributed by atoms with Gasteiger partial charge in [-0.05, 0) is 41.3 Å². The first-order chi connectivity index (χ1) is 20.8. The largest absolute Gasteiger partial charge is 0.456 e. The van der Waals surface area contributed by atoms with Crippen molar-refractivity contribution in [2.24, 2.45) is 0 Å². The maximum Gasteiger partial charge on any atom is 0.160 e. The van der Waals surface area contributed by atoms with Crippen LogP contribution < -0.4 is 4.74 Å². The second-order valence-electron chi connectivity index (χ2n) is 10.6. The monoisotopic (exact) mass is 554 g/mol. The first kappa shape index (κ1) is 23.4. The van der Waals surface area contributed by atoms with Gasteiger partial charge >= 0.3 is 0 Å². The van der Waals surface area contributed by atoms with Crippen molar-refractivity contribution in [3.63, 3.8) is 0 Å². The molecule has 0 spiro atoms. The van der Waals surface area contributed by atoms with Crippen LogP contribution >= 0.6 is 11.3 Å². The highest BCUT2D eigenvalue weighted by molar-refractivity contribution is 7.26. The van der Waals surface area contributed by atoms with Crippen molar-refractivity contribution < 1.29 is 4.74 Å². The number of benzene rings is 6. The van der Waals surface area contributed by atoms with Gasteiger partial charge < -0.3 is 4.74 Å². The van der Waals surface area contributed by atoms with Crippen LogP contribution in [0.1, 0.15) is 0 Å². The molecule has 0 aliphatic carbocycles. The second kappa shape index (κ2) is 9.10. The summed E-state index contributed by atoms with van der Waals surface area (Å²) in [5.41, 5.74) is 7.15. The molecule has 2 aromatic heterocycles. The van der Waals surface area contributed by atoms with Crippen molar-refractivity contribution in [2.75, 3.05) is 0 Å². The van der Waals surface area contributed by atoms with E-state index < -0.39 is 0 Å². The summed E-state index contributed by atoms with van der Waals surface area (Å²) in [5.74, 6) is 2.43. The van der Waals surface area contributed by atoms with Crippen LogP contribution in [0.25, 0.3) is 76.0 Å². The second-order valence-corrected chi connectivity index (χ2v) is 11.6. The zero-order valence-corrected chi connectivity index (χ0v) is 23.2. The highest BCUT2D eigenvalue weighted by Crippen LogP contribution is 2.47. The van der Waals surface area contributed by atoms with Crippen LogP contribution in [0, 0.1) is 0 Å². The van der Waals surface area contributed by atoms with E-state index >= 15 is 0 Å². The number of aromatic nitrogens is 2. The van der Waals surface area contributed by atoms with E-state index in [0.717, 1.165) is 50.5 Å². The van der Waals surface area contributed by atoms with Crippen LogP contribution in [0.5, 0.6) is 11.5 Å². The van der Waals surface area contributed by atoms with Crippen molar-refractivity contribution in [1.82, 2.24) is 9.97 Å². The average Bonchev–Trinajstić information content (AvgIpc) is 3.44. The van der Waals surface area contributed by atoms with Gasteiger partial charge in [0.15, 0.2) is 5.82 Å². The van der Waals surface area contributed by atoms with Gasteiger partial charge in [-0.25, -0.2) is 9.97 Å². The van der Waals surface area contributed by atoms with E-state index in [0.29, 0.717) is 5.82 Å². The van der Waals surface area contributed by atoms with Crippen LogP contribution in [0.15, 0.2) is 133 Å². The predicted octanol–water partition coefficient (Wildman–Crippen LogP) is 10.8. The Labute approximate surface area is 246 Å². The van der Waals surface area contributed by atoms with Crippen molar-refractivity contribution >= 4 is 42.3 Å². The highest BCUT2D eigenvalue weighted by atomic mass is 32.1. The third kappa shape index (κ3) is 3.59. The smallest absolute Gasteiger partial charge is 0.160 e. The zero-order valence-electron chi connectivity index (χ0n) is 22.4. The lowest BCUT2D eigenvalue weighted by atomic mass is 9.93. The molecule has 6 aromatic carbocycles. The quantitative estimate of drug-likeness (QED) is 0.218.